The minimum atomic E-state index is -3.24. The number of carbonyl (C=O) groups is 4. The third kappa shape index (κ3) is 9.58. The van der Waals surface area contributed by atoms with Crippen LogP contribution in [0.2, 0.25) is 0 Å². The maximum atomic E-state index is 14.7. The highest BCUT2D eigenvalue weighted by Crippen LogP contribution is 2.42. The van der Waals surface area contributed by atoms with Gasteiger partial charge in [0.05, 0.1) is 51.8 Å². The molecule has 17 nitrogen and oxygen atoms in total. The van der Waals surface area contributed by atoms with Crippen molar-refractivity contribution in [1.29, 1.82) is 0 Å². The van der Waals surface area contributed by atoms with Crippen LogP contribution in [0.25, 0.3) is 33.4 Å². The molecule has 3 fully saturated rings. The van der Waals surface area contributed by atoms with Crippen molar-refractivity contribution in [3.63, 3.8) is 0 Å². The lowest BCUT2D eigenvalue weighted by molar-refractivity contribution is -0.155. The van der Waals surface area contributed by atoms with E-state index < -0.39 is 62.7 Å². The van der Waals surface area contributed by atoms with E-state index in [0.717, 1.165) is 44.7 Å². The fourth-order valence-electron chi connectivity index (χ4n) is 10.3. The molecule has 4 aliphatic heterocycles. The Morgan fingerprint density at radius 1 is 1.13 bits per heavy atom. The lowest BCUT2D eigenvalue weighted by Crippen LogP contribution is -2.76. The summed E-state index contributed by atoms with van der Waals surface area (Å²) in [5.41, 5.74) is 8.53. The number of nitrogens with one attached hydrogen (secondary N) is 2. The zero-order valence-corrected chi connectivity index (χ0v) is 41.8. The number of likely N-dealkylation sites (N-methyl/N-ethyl adjacent to an activating group) is 2. The van der Waals surface area contributed by atoms with E-state index >= 15 is 0 Å². The van der Waals surface area contributed by atoms with Crippen LogP contribution in [0.1, 0.15) is 76.8 Å². The van der Waals surface area contributed by atoms with Gasteiger partial charge in [0, 0.05) is 92.3 Å². The first-order valence-electron chi connectivity index (χ1n) is 23.3. The molecule has 6 bridgehead atoms. The van der Waals surface area contributed by atoms with E-state index in [1.807, 2.05) is 44.2 Å². The molecule has 0 aliphatic carbocycles. The van der Waals surface area contributed by atoms with E-state index in [0.29, 0.717) is 43.9 Å². The number of benzene rings is 1. The van der Waals surface area contributed by atoms with Crippen LogP contribution in [0.3, 0.4) is 0 Å². The van der Waals surface area contributed by atoms with Crippen molar-refractivity contribution in [2.24, 2.45) is 11.3 Å². The van der Waals surface area contributed by atoms with E-state index in [-0.39, 0.29) is 49.6 Å². The molecule has 4 aromatic rings. The molecular weight excluding hydrogens is 895 g/mol. The molecule has 3 saturated heterocycles. The predicted octanol–water partition coefficient (Wildman–Crippen LogP) is 4.69. The maximum absolute atomic E-state index is 14.7. The van der Waals surface area contributed by atoms with Gasteiger partial charge in [0.2, 0.25) is 5.91 Å². The average Bonchev–Trinajstić information content (AvgIpc) is 3.88. The standard InChI is InChI=1S/C48H65N9O8S2/c1-10-56-38-16-15-31-21-33(38)34(42(56)32-13-11-17-49-40(32)30(4)64-9)23-47(5,6)27-65-45(60)35-14-12-18-57(52-35)44(59)36(22-39-50-37(31)24-66-39)51-43(58)41(29(2)3)54(8)46(61)55-25-48(26-55)28-67(62,63)20-19-53(48)7/h11,13,15-17,21,24,29-30,35-36,41,52H,10,12,14,18-20,22-23,25-28H2,1-9H3,(H,51,58)/t30-,35-,36-,41-/m0/s1. The Morgan fingerprint density at radius 3 is 2.61 bits per heavy atom. The highest BCUT2D eigenvalue weighted by molar-refractivity contribution is 7.91. The maximum Gasteiger partial charge on any atom is 0.324 e. The van der Waals surface area contributed by atoms with Gasteiger partial charge in [0.1, 0.15) is 18.1 Å². The van der Waals surface area contributed by atoms with Crippen LogP contribution in [-0.2, 0) is 53.1 Å². The number of aryl methyl sites for hydroxylation is 1. The number of nitrogens with zero attached hydrogens (tertiary/aromatic N) is 7. The minimum absolute atomic E-state index is 0.0218. The predicted molar refractivity (Wildman–Crippen MR) is 257 cm³/mol. The van der Waals surface area contributed by atoms with Crippen LogP contribution in [0.5, 0.6) is 0 Å². The Labute approximate surface area is 397 Å². The van der Waals surface area contributed by atoms with E-state index in [4.69, 9.17) is 19.4 Å². The molecule has 67 heavy (non-hydrogen) atoms. The quantitative estimate of drug-likeness (QED) is 0.232. The van der Waals surface area contributed by atoms with Gasteiger partial charge in [-0.25, -0.2) is 23.6 Å². The van der Waals surface area contributed by atoms with E-state index in [9.17, 15) is 27.6 Å². The first-order valence-corrected chi connectivity index (χ1v) is 26.0. The van der Waals surface area contributed by atoms with Crippen molar-refractivity contribution >= 4 is 55.9 Å². The zero-order chi connectivity index (χ0) is 48.2. The molecule has 0 unspecified atom stereocenters. The van der Waals surface area contributed by atoms with Crippen LogP contribution < -0.4 is 10.7 Å². The summed E-state index contributed by atoms with van der Waals surface area (Å²) in [6, 6.07) is 7.10. The molecule has 8 rings (SSSR count). The molecule has 0 radical (unpaired) electrons. The van der Waals surface area contributed by atoms with Gasteiger partial charge in [0.25, 0.3) is 5.91 Å². The summed E-state index contributed by atoms with van der Waals surface area (Å²) < 4.78 is 39.4. The van der Waals surface area contributed by atoms with Gasteiger partial charge in [-0.15, -0.1) is 11.3 Å². The van der Waals surface area contributed by atoms with Gasteiger partial charge in [0.15, 0.2) is 9.84 Å². The summed E-state index contributed by atoms with van der Waals surface area (Å²) in [6.07, 6.45) is 3.13. The number of thiazole rings is 1. The second kappa shape index (κ2) is 18.9. The average molecular weight is 960 g/mol. The first-order chi connectivity index (χ1) is 31.7. The highest BCUT2D eigenvalue weighted by atomic mass is 32.2. The molecule has 2 N–H and O–H groups in total. The lowest BCUT2D eigenvalue weighted by Gasteiger charge is -2.57. The molecule has 0 saturated carbocycles. The fraction of sp³-hybridized carbons (Fsp3) is 0.583. The van der Waals surface area contributed by atoms with Crippen molar-refractivity contribution in [3.05, 3.63) is 58.2 Å². The van der Waals surface area contributed by atoms with Crippen LogP contribution in [-0.4, -0.2) is 156 Å². The monoisotopic (exact) mass is 959 g/mol. The van der Waals surface area contributed by atoms with Gasteiger partial charge >= 0.3 is 12.0 Å². The lowest BCUT2D eigenvalue weighted by atomic mass is 9.84. The normalized spacial score (nSPS) is 22.8. The molecule has 362 valence electrons. The summed E-state index contributed by atoms with van der Waals surface area (Å²) in [5, 5.41) is 8.04. The van der Waals surface area contributed by atoms with Gasteiger partial charge < -0.3 is 29.2 Å². The summed E-state index contributed by atoms with van der Waals surface area (Å²) in [5.74, 6) is -1.72. The fourth-order valence-corrected chi connectivity index (χ4v) is 13.1. The minimum Gasteiger partial charge on any atom is -0.464 e. The Kier molecular flexibility index (Phi) is 13.7. The van der Waals surface area contributed by atoms with Crippen LogP contribution in [0.15, 0.2) is 41.9 Å². The highest BCUT2D eigenvalue weighted by Gasteiger charge is 2.54. The van der Waals surface area contributed by atoms with Crippen molar-refractivity contribution in [2.45, 2.75) is 104 Å². The number of cyclic esters (lactones) is 1. The smallest absolute Gasteiger partial charge is 0.324 e. The summed E-state index contributed by atoms with van der Waals surface area (Å²) in [7, 11) is 1.88. The van der Waals surface area contributed by atoms with Gasteiger partial charge in [-0.2, -0.15) is 0 Å². The van der Waals surface area contributed by atoms with Crippen molar-refractivity contribution in [2.75, 3.05) is 65.5 Å². The van der Waals surface area contributed by atoms with E-state index in [1.165, 1.54) is 21.2 Å². The Morgan fingerprint density at radius 2 is 1.90 bits per heavy atom. The SMILES string of the molecule is CCn1c(-c2cccnc2[C@H](C)OC)c2c3cc(ccc31)-c1csc(n1)C[C@H](NC(=O)[C@H](C(C)C)N(C)C(=O)N1CC3(C1)CS(=O)(=O)CCN3C)C(=O)N1CCC[C@H](N1)C(=O)OCC(C)(C)C2. The number of ether oxygens (including phenoxy) is 2. The molecule has 1 aromatic carbocycles. The number of fused-ring (bicyclic) bond motifs is 6. The van der Waals surface area contributed by atoms with Crippen LogP contribution in [0, 0.1) is 11.3 Å². The molecule has 4 aliphatic rings. The molecule has 3 aromatic heterocycles. The number of carbonyl (C=O) groups excluding carboxylic acids is 4. The summed E-state index contributed by atoms with van der Waals surface area (Å²) in [6.45, 7) is 13.9. The molecule has 1 spiro atoms. The summed E-state index contributed by atoms with van der Waals surface area (Å²) in [4.78, 5) is 71.9. The van der Waals surface area contributed by atoms with Crippen LogP contribution >= 0.6 is 11.3 Å². The second-order valence-electron chi connectivity index (χ2n) is 19.9. The number of likely N-dealkylation sites (tertiary alicyclic amines) is 1. The number of hydrazine groups is 1. The Hall–Kier alpha value is -4.95. The number of methoxy groups -OCH3 is 1. The van der Waals surface area contributed by atoms with E-state index in [1.54, 1.807) is 25.3 Å². The molecule has 7 heterocycles. The zero-order valence-electron chi connectivity index (χ0n) is 40.1. The third-order valence-corrected chi connectivity index (χ3v) is 16.7. The second-order valence-corrected chi connectivity index (χ2v) is 23.1. The summed E-state index contributed by atoms with van der Waals surface area (Å²) >= 11 is 1.39. The van der Waals surface area contributed by atoms with Gasteiger partial charge in [-0.3, -0.25) is 29.3 Å². The largest absolute Gasteiger partial charge is 0.464 e. The number of esters is 1. The number of sulfone groups is 1. The number of hydrogen-bond acceptors (Lipinski definition) is 13. The molecule has 4 atom stereocenters. The Bertz CT molecular complexity index is 2660. The Balaban J connectivity index is 1.13. The van der Waals surface area contributed by atoms with Crippen molar-refractivity contribution in [1.82, 2.24) is 45.0 Å². The number of hydrogen-bond donors (Lipinski definition) is 2. The van der Waals surface area contributed by atoms with Crippen molar-refractivity contribution < 1.29 is 37.1 Å². The first kappa shape index (κ1) is 48.5. The van der Waals surface area contributed by atoms with E-state index in [2.05, 4.69) is 60.3 Å². The number of pyridine rings is 1. The number of rotatable bonds is 8. The van der Waals surface area contributed by atoms with Crippen molar-refractivity contribution in [3.8, 4) is 22.5 Å². The number of aromatic nitrogens is 3. The van der Waals surface area contributed by atoms with Gasteiger partial charge in [-0.1, -0.05) is 33.8 Å². The molecular formula is C48H65N9O8S2. The molecule has 19 heteroatoms. The van der Waals surface area contributed by atoms with Crippen LogP contribution in [0.4, 0.5) is 4.79 Å². The van der Waals surface area contributed by atoms with Gasteiger partial charge in [-0.05, 0) is 75.9 Å². The number of urea groups is 1. The third-order valence-electron chi connectivity index (χ3n) is 14.1. The topological polar surface area (TPSA) is 189 Å². The number of amides is 4. The molecule has 4 amide bonds.